The Balaban J connectivity index is 3.00. The number of alkyl halides is 1. The minimum Gasteiger partial charge on any atom is -0.463 e. The largest absolute Gasteiger partial charge is 0.463 e. The van der Waals surface area contributed by atoms with Crippen molar-refractivity contribution in [2.75, 3.05) is 6.61 Å². The molecular weight excluding hydrogens is 310 g/mol. The van der Waals surface area contributed by atoms with Crippen LogP contribution in [0.4, 0.5) is 8.92 Å². The smallest absolute Gasteiger partial charge is 0.303 e. The van der Waals surface area contributed by atoms with Crippen molar-refractivity contribution >= 4 is 17.9 Å². The second kappa shape index (κ2) is 7.99. The standard InChI is InChI=1S/C12H16F2O8/c1-5(15)18-4-8-10(19-6(2)16)11(20-7(3)17)9(13)12(21-8)22-14/h8-12H,4H2,1-3H3. The van der Waals surface area contributed by atoms with Gasteiger partial charge in [0.05, 0.1) is 0 Å². The predicted molar refractivity (Wildman–Crippen MR) is 63.5 cm³/mol. The molecule has 126 valence electrons. The molecule has 0 radical (unpaired) electrons. The predicted octanol–water partition coefficient (Wildman–Crippen LogP) is 0.377. The zero-order valence-corrected chi connectivity index (χ0v) is 12.1. The molecule has 0 amide bonds. The van der Waals surface area contributed by atoms with E-state index >= 15 is 0 Å². The first-order valence-electron chi connectivity index (χ1n) is 6.31. The van der Waals surface area contributed by atoms with E-state index in [0.29, 0.717) is 0 Å². The van der Waals surface area contributed by atoms with E-state index in [-0.39, 0.29) is 0 Å². The first kappa shape index (κ1) is 18.2. The van der Waals surface area contributed by atoms with E-state index in [0.717, 1.165) is 20.8 Å². The summed E-state index contributed by atoms with van der Waals surface area (Å²) >= 11 is 0. The number of halogens is 2. The first-order valence-corrected chi connectivity index (χ1v) is 6.31. The van der Waals surface area contributed by atoms with Gasteiger partial charge < -0.3 is 18.9 Å². The van der Waals surface area contributed by atoms with E-state index in [9.17, 15) is 23.3 Å². The third kappa shape index (κ3) is 4.88. The highest BCUT2D eigenvalue weighted by atomic mass is 19.3. The molecule has 0 saturated carbocycles. The van der Waals surface area contributed by atoms with Gasteiger partial charge in [-0.3, -0.25) is 14.4 Å². The van der Waals surface area contributed by atoms with Gasteiger partial charge in [-0.1, -0.05) is 0 Å². The van der Waals surface area contributed by atoms with Crippen LogP contribution < -0.4 is 0 Å². The summed E-state index contributed by atoms with van der Waals surface area (Å²) in [5.74, 6) is -2.38. The van der Waals surface area contributed by atoms with Crippen LogP contribution in [0, 0.1) is 0 Å². The number of hydrogen-bond acceptors (Lipinski definition) is 8. The van der Waals surface area contributed by atoms with E-state index in [1.54, 1.807) is 0 Å². The molecule has 5 atom stereocenters. The van der Waals surface area contributed by atoms with E-state index in [4.69, 9.17) is 14.2 Å². The molecule has 1 aliphatic rings. The zero-order chi connectivity index (χ0) is 16.9. The van der Waals surface area contributed by atoms with Crippen LogP contribution in [0.5, 0.6) is 0 Å². The summed E-state index contributed by atoms with van der Waals surface area (Å²) in [5, 5.41) is 0. The Morgan fingerprint density at radius 3 is 2.00 bits per heavy atom. The van der Waals surface area contributed by atoms with Crippen LogP contribution in [0.25, 0.3) is 0 Å². The highest BCUT2D eigenvalue weighted by molar-refractivity contribution is 5.67. The Kier molecular flexibility index (Phi) is 6.62. The maximum absolute atomic E-state index is 14.1. The van der Waals surface area contributed by atoms with Crippen molar-refractivity contribution in [3.05, 3.63) is 0 Å². The zero-order valence-electron chi connectivity index (χ0n) is 12.1. The van der Waals surface area contributed by atoms with Crippen molar-refractivity contribution in [1.82, 2.24) is 0 Å². The summed E-state index contributed by atoms with van der Waals surface area (Å²) in [6.07, 6.45) is -8.63. The third-order valence-corrected chi connectivity index (χ3v) is 2.72. The molecule has 1 saturated heterocycles. The van der Waals surface area contributed by atoms with Gasteiger partial charge >= 0.3 is 17.9 Å². The Labute approximate surface area is 124 Å². The third-order valence-electron chi connectivity index (χ3n) is 2.72. The van der Waals surface area contributed by atoms with Crippen molar-refractivity contribution in [3.8, 4) is 0 Å². The summed E-state index contributed by atoms with van der Waals surface area (Å²) in [6.45, 7) is 2.67. The molecule has 5 unspecified atom stereocenters. The van der Waals surface area contributed by atoms with Gasteiger partial charge in [0.1, 0.15) is 12.7 Å². The molecule has 1 aliphatic heterocycles. The van der Waals surface area contributed by atoms with Crippen molar-refractivity contribution in [2.24, 2.45) is 0 Å². The van der Waals surface area contributed by atoms with Gasteiger partial charge in [-0.25, -0.2) is 4.39 Å². The van der Waals surface area contributed by atoms with Gasteiger partial charge in [-0.15, -0.1) is 0 Å². The van der Waals surface area contributed by atoms with E-state index in [1.165, 1.54) is 0 Å². The molecule has 0 N–H and O–H groups in total. The summed E-state index contributed by atoms with van der Waals surface area (Å²) in [7, 11) is 0. The molecule has 0 bridgehead atoms. The number of hydrogen-bond donors (Lipinski definition) is 0. The number of rotatable bonds is 5. The van der Waals surface area contributed by atoms with Gasteiger partial charge in [0.2, 0.25) is 6.29 Å². The van der Waals surface area contributed by atoms with Crippen LogP contribution in [0.2, 0.25) is 0 Å². The summed E-state index contributed by atoms with van der Waals surface area (Å²) in [5.41, 5.74) is 0. The molecule has 1 fully saturated rings. The molecule has 8 nitrogen and oxygen atoms in total. The number of esters is 3. The molecule has 10 heteroatoms. The number of carbonyl (C=O) groups is 3. The van der Waals surface area contributed by atoms with Gasteiger partial charge in [0.25, 0.3) is 0 Å². The summed E-state index contributed by atoms with van der Waals surface area (Å²) < 4.78 is 45.6. The molecule has 1 heterocycles. The van der Waals surface area contributed by atoms with Gasteiger partial charge in [0.15, 0.2) is 18.4 Å². The lowest BCUT2D eigenvalue weighted by Gasteiger charge is -2.40. The second-order valence-electron chi connectivity index (χ2n) is 4.53. The Morgan fingerprint density at radius 1 is 1.00 bits per heavy atom. The van der Waals surface area contributed by atoms with Crippen molar-refractivity contribution in [1.29, 1.82) is 0 Å². The fraction of sp³-hybridized carbons (Fsp3) is 0.750. The van der Waals surface area contributed by atoms with Crippen LogP contribution in [0.3, 0.4) is 0 Å². The van der Waals surface area contributed by atoms with Crippen LogP contribution >= 0.6 is 0 Å². The molecule has 0 spiro atoms. The fourth-order valence-electron chi connectivity index (χ4n) is 1.93. The Hall–Kier alpha value is -1.81. The highest BCUT2D eigenvalue weighted by Crippen LogP contribution is 2.29. The number of ether oxygens (including phenoxy) is 4. The molecule has 0 aromatic carbocycles. The number of carbonyl (C=O) groups excluding carboxylic acids is 3. The van der Waals surface area contributed by atoms with Crippen LogP contribution in [-0.4, -0.2) is 55.3 Å². The molecule has 0 aliphatic carbocycles. The summed E-state index contributed by atoms with van der Waals surface area (Å²) in [6, 6.07) is 0. The minimum absolute atomic E-state index is 0.475. The Bertz CT molecular complexity index is 429. The molecule has 0 aromatic heterocycles. The van der Waals surface area contributed by atoms with Crippen molar-refractivity contribution in [3.63, 3.8) is 0 Å². The monoisotopic (exact) mass is 326 g/mol. The van der Waals surface area contributed by atoms with Crippen LogP contribution in [-0.2, 0) is 38.3 Å². The Morgan fingerprint density at radius 2 is 1.55 bits per heavy atom. The van der Waals surface area contributed by atoms with Gasteiger partial charge in [-0.2, -0.15) is 4.94 Å². The molecule has 1 rings (SSSR count). The average molecular weight is 326 g/mol. The summed E-state index contributed by atoms with van der Waals surface area (Å²) in [4.78, 5) is 36.4. The fourth-order valence-corrected chi connectivity index (χ4v) is 1.93. The maximum atomic E-state index is 14.1. The van der Waals surface area contributed by atoms with Crippen molar-refractivity contribution < 1.29 is 47.2 Å². The lowest BCUT2D eigenvalue weighted by molar-refractivity contribution is -0.352. The lowest BCUT2D eigenvalue weighted by atomic mass is 9.99. The lowest BCUT2D eigenvalue weighted by Crippen LogP contribution is -2.60. The van der Waals surface area contributed by atoms with E-state index in [1.807, 2.05) is 0 Å². The van der Waals surface area contributed by atoms with Gasteiger partial charge in [-0.05, 0) is 4.53 Å². The van der Waals surface area contributed by atoms with E-state index < -0.39 is 55.3 Å². The highest BCUT2D eigenvalue weighted by Gasteiger charge is 2.52. The average Bonchev–Trinajstić information content (AvgIpc) is 2.41. The van der Waals surface area contributed by atoms with Gasteiger partial charge in [0, 0.05) is 20.8 Å². The molecule has 0 aromatic rings. The normalized spacial score (nSPS) is 31.2. The van der Waals surface area contributed by atoms with Crippen molar-refractivity contribution in [2.45, 2.75) is 51.5 Å². The minimum atomic E-state index is -2.24. The van der Waals surface area contributed by atoms with Crippen LogP contribution in [0.15, 0.2) is 0 Å². The van der Waals surface area contributed by atoms with E-state index in [2.05, 4.69) is 9.68 Å². The van der Waals surface area contributed by atoms with Crippen LogP contribution in [0.1, 0.15) is 20.8 Å². The SMILES string of the molecule is CC(=O)OCC1OC(OF)C(F)C(OC(C)=O)C1OC(C)=O. The topological polar surface area (TPSA) is 97.4 Å². The molecular formula is C12H16F2O8. The first-order chi connectivity index (χ1) is 10.3. The second-order valence-corrected chi connectivity index (χ2v) is 4.53. The molecule has 22 heavy (non-hydrogen) atoms. The maximum Gasteiger partial charge on any atom is 0.303 e. The quantitative estimate of drug-likeness (QED) is 0.528.